The molecule has 120 valence electrons. The Morgan fingerprint density at radius 1 is 1.35 bits per heavy atom. The highest BCUT2D eigenvalue weighted by molar-refractivity contribution is 9.10. The molecule has 0 bridgehead atoms. The summed E-state index contributed by atoms with van der Waals surface area (Å²) in [5.74, 6) is 0.761. The zero-order chi connectivity index (χ0) is 17.0. The van der Waals surface area contributed by atoms with E-state index in [0.717, 1.165) is 16.9 Å². The molecule has 2 rings (SSSR count). The minimum absolute atomic E-state index is 0.0308. The number of ether oxygens (including phenoxy) is 1. The first kappa shape index (κ1) is 17.2. The van der Waals surface area contributed by atoms with E-state index in [1.165, 1.54) is 6.07 Å². The molecule has 0 radical (unpaired) electrons. The normalized spacial score (nSPS) is 10.2. The van der Waals surface area contributed by atoms with Gasteiger partial charge in [0.05, 0.1) is 12.0 Å². The molecule has 0 spiro atoms. The maximum Gasteiger partial charge on any atom is 0.294 e. The van der Waals surface area contributed by atoms with Gasteiger partial charge in [0.25, 0.3) is 5.69 Å². The lowest BCUT2D eigenvalue weighted by atomic mass is 10.0. The maximum absolute atomic E-state index is 11.3. The molecule has 8 heteroatoms. The monoisotopic (exact) mass is 395 g/mol. The van der Waals surface area contributed by atoms with E-state index in [9.17, 15) is 10.1 Å². The summed E-state index contributed by atoms with van der Waals surface area (Å²) in [6, 6.07) is 10.8. The van der Waals surface area contributed by atoms with Gasteiger partial charge in [-0.15, -0.1) is 0 Å². The molecule has 0 amide bonds. The summed E-state index contributed by atoms with van der Waals surface area (Å²) >= 11 is 8.09. The number of hydrogen-bond acceptors (Lipinski definition) is 4. The van der Waals surface area contributed by atoms with Crippen molar-refractivity contribution in [3.05, 3.63) is 62.1 Å². The number of benzene rings is 2. The zero-order valence-electron chi connectivity index (χ0n) is 12.2. The van der Waals surface area contributed by atoms with Crippen LogP contribution in [0.1, 0.15) is 11.1 Å². The van der Waals surface area contributed by atoms with E-state index >= 15 is 0 Å². The lowest BCUT2D eigenvalue weighted by Gasteiger charge is -2.10. The van der Waals surface area contributed by atoms with Crippen molar-refractivity contribution in [1.82, 2.24) is 0 Å². The lowest BCUT2D eigenvalue weighted by Crippen LogP contribution is -2.20. The van der Waals surface area contributed by atoms with Crippen molar-refractivity contribution in [2.24, 2.45) is 5.73 Å². The Morgan fingerprint density at radius 3 is 2.52 bits per heavy atom. The second-order valence-electron chi connectivity index (χ2n) is 4.74. The Labute approximate surface area is 146 Å². The van der Waals surface area contributed by atoms with Crippen LogP contribution in [-0.4, -0.2) is 17.1 Å². The zero-order valence-corrected chi connectivity index (χ0v) is 14.6. The Kier molecular flexibility index (Phi) is 5.51. The van der Waals surface area contributed by atoms with Crippen LogP contribution in [-0.2, 0) is 6.42 Å². The van der Waals surface area contributed by atoms with E-state index in [2.05, 4.69) is 21.2 Å². The van der Waals surface area contributed by atoms with Crippen LogP contribution in [0.5, 0.6) is 5.75 Å². The van der Waals surface area contributed by atoms with Gasteiger partial charge in [-0.25, -0.2) is 0 Å². The van der Waals surface area contributed by atoms with Crippen molar-refractivity contribution in [3.8, 4) is 5.75 Å². The molecule has 23 heavy (non-hydrogen) atoms. The second-order valence-corrected chi connectivity index (χ2v) is 6.04. The predicted molar refractivity (Wildman–Crippen MR) is 97.0 cm³/mol. The number of rotatable bonds is 5. The van der Waals surface area contributed by atoms with Gasteiger partial charge in [0, 0.05) is 10.5 Å². The van der Waals surface area contributed by atoms with Crippen LogP contribution >= 0.6 is 28.1 Å². The number of methoxy groups -OCH3 is 1. The number of hydrogen-bond donors (Lipinski definition) is 2. The largest absolute Gasteiger partial charge is 0.497 e. The van der Waals surface area contributed by atoms with Crippen LogP contribution in [0.25, 0.3) is 0 Å². The number of thiocarbonyl (C=S) groups is 1. The molecule has 0 atom stereocenters. The van der Waals surface area contributed by atoms with Gasteiger partial charge < -0.3 is 15.8 Å². The molecule has 0 saturated carbocycles. The van der Waals surface area contributed by atoms with Crippen LogP contribution in [0, 0.1) is 10.1 Å². The van der Waals surface area contributed by atoms with E-state index in [4.69, 9.17) is 22.7 Å². The predicted octanol–water partition coefficient (Wildman–Crippen LogP) is 3.61. The van der Waals surface area contributed by atoms with Crippen LogP contribution in [0.2, 0.25) is 0 Å². The highest BCUT2D eigenvalue weighted by Gasteiger charge is 2.19. The molecular weight excluding hydrogens is 382 g/mol. The summed E-state index contributed by atoms with van der Waals surface area (Å²) in [4.78, 5) is 10.8. The van der Waals surface area contributed by atoms with Gasteiger partial charge in [0.2, 0.25) is 0 Å². The lowest BCUT2D eigenvalue weighted by molar-refractivity contribution is -0.384. The number of nitro groups is 1. The first-order valence-corrected chi connectivity index (χ1v) is 7.77. The number of nitrogens with zero attached hydrogens (tertiary/aromatic N) is 1. The van der Waals surface area contributed by atoms with Crippen molar-refractivity contribution >= 4 is 44.6 Å². The van der Waals surface area contributed by atoms with Crippen LogP contribution in [0.15, 0.2) is 40.9 Å². The Morgan fingerprint density at radius 2 is 2.00 bits per heavy atom. The van der Waals surface area contributed by atoms with Crippen LogP contribution in [0.4, 0.5) is 11.4 Å². The molecule has 2 aromatic carbocycles. The summed E-state index contributed by atoms with van der Waals surface area (Å²) < 4.78 is 5.64. The highest BCUT2D eigenvalue weighted by atomic mass is 79.9. The molecule has 6 nitrogen and oxygen atoms in total. The number of halogens is 1. The van der Waals surface area contributed by atoms with Crippen molar-refractivity contribution in [1.29, 1.82) is 0 Å². The average Bonchev–Trinajstić information content (AvgIpc) is 2.50. The quantitative estimate of drug-likeness (QED) is 0.456. The van der Waals surface area contributed by atoms with E-state index in [0.29, 0.717) is 10.9 Å². The average molecular weight is 396 g/mol. The fourth-order valence-electron chi connectivity index (χ4n) is 2.12. The number of nitro benzene ring substituents is 1. The molecule has 0 aromatic heterocycles. The third-order valence-electron chi connectivity index (χ3n) is 3.14. The Bertz CT molecular complexity index is 750. The molecule has 0 saturated heterocycles. The van der Waals surface area contributed by atoms with E-state index < -0.39 is 4.92 Å². The van der Waals surface area contributed by atoms with Gasteiger partial charge in [-0.2, -0.15) is 0 Å². The van der Waals surface area contributed by atoms with E-state index in [-0.39, 0.29) is 16.5 Å². The number of anilines is 1. The number of nitrogens with one attached hydrogen (secondary N) is 1. The third-order valence-corrected chi connectivity index (χ3v) is 3.87. The molecule has 0 aliphatic heterocycles. The summed E-state index contributed by atoms with van der Waals surface area (Å²) in [6.07, 6.45) is 0.552. The van der Waals surface area contributed by atoms with Gasteiger partial charge >= 0.3 is 0 Å². The minimum Gasteiger partial charge on any atom is -0.497 e. The van der Waals surface area contributed by atoms with Gasteiger partial charge in [-0.3, -0.25) is 10.1 Å². The van der Waals surface area contributed by atoms with Gasteiger partial charge in [-0.05, 0) is 63.9 Å². The molecule has 0 aliphatic rings. The van der Waals surface area contributed by atoms with Gasteiger partial charge in [0.15, 0.2) is 5.11 Å². The fraction of sp³-hybridized carbons (Fsp3) is 0.133. The molecule has 2 aromatic rings. The molecule has 0 fully saturated rings. The van der Waals surface area contributed by atoms with Crippen LogP contribution in [0.3, 0.4) is 0 Å². The van der Waals surface area contributed by atoms with Crippen molar-refractivity contribution in [2.45, 2.75) is 6.42 Å². The Balaban J connectivity index is 2.35. The summed E-state index contributed by atoms with van der Waals surface area (Å²) in [5, 5.41) is 13.9. The van der Waals surface area contributed by atoms with E-state index in [1.807, 2.05) is 24.3 Å². The molecule has 0 unspecified atom stereocenters. The molecule has 0 aliphatic carbocycles. The summed E-state index contributed by atoms with van der Waals surface area (Å²) in [5.41, 5.74) is 7.39. The topological polar surface area (TPSA) is 90.4 Å². The maximum atomic E-state index is 11.3. The highest BCUT2D eigenvalue weighted by Crippen LogP contribution is 2.34. The van der Waals surface area contributed by atoms with Gasteiger partial charge in [-0.1, -0.05) is 12.1 Å². The van der Waals surface area contributed by atoms with Crippen molar-refractivity contribution in [2.75, 3.05) is 12.4 Å². The summed E-state index contributed by atoms with van der Waals surface area (Å²) in [6.45, 7) is 0. The number of nitrogens with two attached hydrogens (primary N) is 1. The summed E-state index contributed by atoms with van der Waals surface area (Å²) in [7, 11) is 1.60. The molecular formula is C15H14BrN3O3S. The molecule has 0 heterocycles. The molecule has 3 N–H and O–H groups in total. The van der Waals surface area contributed by atoms with Crippen molar-refractivity contribution < 1.29 is 9.66 Å². The second kappa shape index (κ2) is 7.38. The Hall–Kier alpha value is -2.19. The van der Waals surface area contributed by atoms with E-state index in [1.54, 1.807) is 13.2 Å². The third kappa shape index (κ3) is 4.40. The van der Waals surface area contributed by atoms with Crippen molar-refractivity contribution in [3.63, 3.8) is 0 Å². The van der Waals surface area contributed by atoms with Gasteiger partial charge in [0.1, 0.15) is 11.4 Å². The minimum atomic E-state index is -0.469. The van der Waals surface area contributed by atoms with Crippen LogP contribution < -0.4 is 15.8 Å². The fourth-order valence-corrected chi connectivity index (χ4v) is 2.82. The first-order valence-electron chi connectivity index (χ1n) is 6.57. The standard InChI is InChI=1S/C15H14BrN3O3S/c1-22-11-4-2-9(3-5-11)6-10-7-12(16)14(18-15(17)23)13(8-10)19(20)21/h2-5,7-8H,6H2,1H3,(H3,17,18,23). The first-order chi connectivity index (χ1) is 10.9. The SMILES string of the molecule is COc1ccc(Cc2cc(Br)c(NC(N)=S)c([N+](=O)[O-])c2)cc1. The smallest absolute Gasteiger partial charge is 0.294 e.